The maximum absolute atomic E-state index is 6.57. The highest BCUT2D eigenvalue weighted by Gasteiger charge is 2.48. The Kier molecular flexibility index (Phi) is 9.05. The number of hydrogen-bond acceptors (Lipinski definition) is 6. The van der Waals surface area contributed by atoms with Crippen LogP contribution in [0.2, 0.25) is 0 Å². The third kappa shape index (κ3) is 6.89. The summed E-state index contributed by atoms with van der Waals surface area (Å²) in [7, 11) is 0. The first-order valence-electron chi connectivity index (χ1n) is 12.3. The van der Waals surface area contributed by atoms with Crippen molar-refractivity contribution >= 4 is 15.9 Å². The molecule has 0 spiro atoms. The van der Waals surface area contributed by atoms with Crippen molar-refractivity contribution in [2.24, 2.45) is 0 Å². The van der Waals surface area contributed by atoms with Crippen LogP contribution in [-0.4, -0.2) is 34.9 Å². The van der Waals surface area contributed by atoms with E-state index in [1.54, 1.807) is 6.20 Å². The smallest absolute Gasteiger partial charge is 0.130 e. The van der Waals surface area contributed by atoms with Crippen molar-refractivity contribution in [3.8, 4) is 0 Å². The van der Waals surface area contributed by atoms with Crippen molar-refractivity contribution in [2.75, 3.05) is 6.61 Å². The average molecular weight is 561 g/mol. The van der Waals surface area contributed by atoms with E-state index < -0.39 is 12.2 Å². The molecule has 37 heavy (non-hydrogen) atoms. The second-order valence-electron chi connectivity index (χ2n) is 8.87. The van der Waals surface area contributed by atoms with Gasteiger partial charge in [0.05, 0.1) is 36.6 Å². The summed E-state index contributed by atoms with van der Waals surface area (Å²) in [6, 6.07) is 30.3. The normalized spacial score (nSPS) is 21.2. The van der Waals surface area contributed by atoms with Crippen LogP contribution >= 0.6 is 15.9 Å². The van der Waals surface area contributed by atoms with E-state index in [0.717, 1.165) is 26.9 Å². The molecule has 1 aliphatic heterocycles. The van der Waals surface area contributed by atoms with Crippen molar-refractivity contribution in [3.63, 3.8) is 0 Å². The molecule has 0 aliphatic carbocycles. The monoisotopic (exact) mass is 560 g/mol. The number of nitrogens with zero attached hydrogens (tertiary/aromatic N) is 2. The van der Waals surface area contributed by atoms with Crippen LogP contribution in [0, 0.1) is 0 Å². The molecule has 6 nitrogen and oxygen atoms in total. The number of hydrogen-bond donors (Lipinski definition) is 0. The predicted molar refractivity (Wildman–Crippen MR) is 143 cm³/mol. The average Bonchev–Trinajstić information content (AvgIpc) is 3.29. The zero-order valence-corrected chi connectivity index (χ0v) is 21.9. The van der Waals surface area contributed by atoms with Gasteiger partial charge in [-0.15, -0.1) is 0 Å². The Morgan fingerprint density at radius 1 is 0.703 bits per heavy atom. The minimum Gasteiger partial charge on any atom is -0.374 e. The molecule has 0 bridgehead atoms. The van der Waals surface area contributed by atoms with Crippen LogP contribution in [0.1, 0.15) is 28.5 Å². The molecule has 4 atom stereocenters. The molecule has 5 rings (SSSR count). The maximum Gasteiger partial charge on any atom is 0.130 e. The summed E-state index contributed by atoms with van der Waals surface area (Å²) in [5.41, 5.74) is 4.00. The first-order chi connectivity index (χ1) is 18.3. The molecule has 7 heteroatoms. The standard InChI is InChI=1S/C30H29BrN2O4/c31-25-16-32-21-33-27(25)29-30(36-19-24-14-8-3-9-15-24)28(35-18-23-12-6-2-7-13-23)26(37-29)20-34-17-22-10-4-1-5-11-22/h1-16,21,26,28-30H,17-20H2/t26-,28-,29-,30-/m1/s1. The molecule has 0 radical (unpaired) electrons. The van der Waals surface area contributed by atoms with Crippen molar-refractivity contribution in [3.05, 3.63) is 130 Å². The van der Waals surface area contributed by atoms with E-state index in [4.69, 9.17) is 18.9 Å². The van der Waals surface area contributed by atoms with E-state index in [0.29, 0.717) is 26.4 Å². The highest BCUT2D eigenvalue weighted by molar-refractivity contribution is 9.10. The number of aromatic nitrogens is 2. The van der Waals surface area contributed by atoms with Gasteiger partial charge < -0.3 is 18.9 Å². The highest BCUT2D eigenvalue weighted by atomic mass is 79.9. The Labute approximate surface area is 225 Å². The molecule has 0 saturated carbocycles. The van der Waals surface area contributed by atoms with Gasteiger partial charge in [-0.05, 0) is 32.6 Å². The van der Waals surface area contributed by atoms with Crippen molar-refractivity contribution in [2.45, 2.75) is 44.2 Å². The summed E-state index contributed by atoms with van der Waals surface area (Å²) < 4.78 is 26.5. The lowest BCUT2D eigenvalue weighted by Crippen LogP contribution is -2.38. The first kappa shape index (κ1) is 25.7. The summed E-state index contributed by atoms with van der Waals surface area (Å²) in [4.78, 5) is 8.64. The van der Waals surface area contributed by atoms with E-state index in [2.05, 4.69) is 38.0 Å². The molecule has 190 valence electrons. The number of rotatable bonds is 11. The Morgan fingerprint density at radius 3 is 1.81 bits per heavy atom. The number of halogens is 1. The fourth-order valence-electron chi connectivity index (χ4n) is 4.40. The van der Waals surface area contributed by atoms with Crippen LogP contribution in [-0.2, 0) is 38.8 Å². The van der Waals surface area contributed by atoms with Crippen LogP contribution < -0.4 is 0 Å². The van der Waals surface area contributed by atoms with Gasteiger partial charge in [-0.2, -0.15) is 0 Å². The summed E-state index contributed by atoms with van der Waals surface area (Å²) >= 11 is 3.60. The van der Waals surface area contributed by atoms with E-state index in [1.165, 1.54) is 6.33 Å². The van der Waals surface area contributed by atoms with E-state index in [1.807, 2.05) is 78.9 Å². The topological polar surface area (TPSA) is 62.7 Å². The third-order valence-electron chi connectivity index (χ3n) is 6.24. The zero-order chi connectivity index (χ0) is 25.3. The fraction of sp³-hybridized carbons (Fsp3) is 0.267. The van der Waals surface area contributed by atoms with Crippen LogP contribution in [0.4, 0.5) is 0 Å². The number of ether oxygens (including phenoxy) is 4. The minimum absolute atomic E-state index is 0.347. The first-order valence-corrected chi connectivity index (χ1v) is 13.1. The van der Waals surface area contributed by atoms with Gasteiger partial charge in [-0.25, -0.2) is 9.97 Å². The predicted octanol–water partition coefficient (Wildman–Crippen LogP) is 6.07. The molecular formula is C30H29BrN2O4. The molecule has 3 aromatic carbocycles. The van der Waals surface area contributed by atoms with Crippen LogP contribution in [0.3, 0.4) is 0 Å². The second kappa shape index (κ2) is 13.0. The SMILES string of the molecule is Brc1cncnc1[C@H]1O[C@H](COCc2ccccc2)[C@@H](OCc2ccccc2)[C@H]1OCc1ccccc1. The Balaban J connectivity index is 1.38. The number of benzene rings is 3. The van der Waals surface area contributed by atoms with Crippen molar-refractivity contribution in [1.82, 2.24) is 9.97 Å². The largest absolute Gasteiger partial charge is 0.374 e. The molecule has 1 aliphatic rings. The van der Waals surface area contributed by atoms with Crippen molar-refractivity contribution < 1.29 is 18.9 Å². The Bertz CT molecular complexity index is 1230. The molecule has 0 amide bonds. The summed E-state index contributed by atoms with van der Waals surface area (Å²) in [5.74, 6) is 0. The lowest BCUT2D eigenvalue weighted by atomic mass is 10.0. The third-order valence-corrected chi connectivity index (χ3v) is 6.85. The molecule has 1 fully saturated rings. The molecule has 4 aromatic rings. The summed E-state index contributed by atoms with van der Waals surface area (Å²) in [6.07, 6.45) is 1.68. The Hall–Kier alpha value is -2.94. The van der Waals surface area contributed by atoms with Crippen molar-refractivity contribution in [1.29, 1.82) is 0 Å². The van der Waals surface area contributed by atoms with Gasteiger partial charge in [0.15, 0.2) is 0 Å². The van der Waals surface area contributed by atoms with Gasteiger partial charge in [0.2, 0.25) is 0 Å². The molecule has 1 aromatic heterocycles. The summed E-state index contributed by atoms with van der Waals surface area (Å²) in [5, 5.41) is 0. The van der Waals surface area contributed by atoms with E-state index >= 15 is 0 Å². The lowest BCUT2D eigenvalue weighted by molar-refractivity contribution is -0.0898. The highest BCUT2D eigenvalue weighted by Crippen LogP contribution is 2.39. The van der Waals surface area contributed by atoms with Gasteiger partial charge in [-0.1, -0.05) is 91.0 Å². The van der Waals surface area contributed by atoms with Gasteiger partial charge in [-0.3, -0.25) is 0 Å². The molecule has 1 saturated heterocycles. The van der Waals surface area contributed by atoms with Crippen LogP contribution in [0.5, 0.6) is 0 Å². The van der Waals surface area contributed by atoms with E-state index in [-0.39, 0.29) is 12.2 Å². The second-order valence-corrected chi connectivity index (χ2v) is 9.73. The minimum atomic E-state index is -0.452. The summed E-state index contributed by atoms with van der Waals surface area (Å²) in [6.45, 7) is 1.71. The van der Waals surface area contributed by atoms with Crippen LogP contribution in [0.15, 0.2) is 108 Å². The van der Waals surface area contributed by atoms with E-state index in [9.17, 15) is 0 Å². The van der Waals surface area contributed by atoms with Crippen LogP contribution in [0.25, 0.3) is 0 Å². The lowest BCUT2D eigenvalue weighted by Gasteiger charge is -2.25. The zero-order valence-electron chi connectivity index (χ0n) is 20.4. The van der Waals surface area contributed by atoms with Gasteiger partial charge in [0.25, 0.3) is 0 Å². The fourth-order valence-corrected chi connectivity index (χ4v) is 4.84. The maximum atomic E-state index is 6.57. The van der Waals surface area contributed by atoms with Gasteiger partial charge in [0, 0.05) is 6.20 Å². The quantitative estimate of drug-likeness (QED) is 0.222. The van der Waals surface area contributed by atoms with Gasteiger partial charge in [0.1, 0.15) is 30.7 Å². The van der Waals surface area contributed by atoms with Gasteiger partial charge >= 0.3 is 0 Å². The molecular weight excluding hydrogens is 532 g/mol. The molecule has 0 N–H and O–H groups in total. The molecule has 2 heterocycles. The molecule has 0 unspecified atom stereocenters. The Morgan fingerprint density at radius 2 is 1.24 bits per heavy atom.